The molecule has 1 fully saturated rings. The average molecular weight is 195 g/mol. The van der Waals surface area contributed by atoms with Crippen molar-refractivity contribution in [3.8, 4) is 0 Å². The Hall–Kier alpha value is -1.36. The van der Waals surface area contributed by atoms with Gasteiger partial charge in [-0.25, -0.2) is 0 Å². The van der Waals surface area contributed by atoms with Crippen LogP contribution in [0.2, 0.25) is 0 Å². The zero-order valence-corrected chi connectivity index (χ0v) is 7.82. The van der Waals surface area contributed by atoms with E-state index in [1.54, 1.807) is 6.07 Å². The quantitative estimate of drug-likeness (QED) is 0.713. The normalized spacial score (nSPS) is 21.0. The van der Waals surface area contributed by atoms with Crippen molar-refractivity contribution in [2.45, 2.75) is 6.42 Å². The minimum atomic E-state index is -0.186. The number of amides is 1. The van der Waals surface area contributed by atoms with E-state index in [0.717, 1.165) is 19.5 Å². The van der Waals surface area contributed by atoms with Gasteiger partial charge in [-0.2, -0.15) is 0 Å². The summed E-state index contributed by atoms with van der Waals surface area (Å²) in [6, 6.07) is 1.56. The standard InChI is InChI=1S/C9H13N3O2/c13-9(8-2-4-12-14-8)11-6-7-1-3-10-5-7/h2,4,7,10H,1,3,5-6H2,(H,11,13). The summed E-state index contributed by atoms with van der Waals surface area (Å²) in [6.07, 6.45) is 2.59. The highest BCUT2D eigenvalue weighted by Crippen LogP contribution is 2.05. The molecule has 1 amide bonds. The summed E-state index contributed by atoms with van der Waals surface area (Å²) in [5.74, 6) is 0.632. The first-order chi connectivity index (χ1) is 6.86. The molecule has 5 nitrogen and oxygen atoms in total. The predicted molar refractivity (Wildman–Crippen MR) is 49.8 cm³/mol. The number of nitrogens with one attached hydrogen (secondary N) is 2. The lowest BCUT2D eigenvalue weighted by molar-refractivity contribution is 0.0911. The molecule has 1 aromatic heterocycles. The topological polar surface area (TPSA) is 67.2 Å². The average Bonchev–Trinajstić information content (AvgIpc) is 2.87. The Kier molecular flexibility index (Phi) is 2.78. The highest BCUT2D eigenvalue weighted by atomic mass is 16.5. The third-order valence-corrected chi connectivity index (χ3v) is 2.38. The fourth-order valence-electron chi connectivity index (χ4n) is 1.55. The van der Waals surface area contributed by atoms with Crippen LogP contribution in [-0.4, -0.2) is 30.7 Å². The predicted octanol–water partition coefficient (Wildman–Crippen LogP) is 0.0139. The number of rotatable bonds is 3. The second-order valence-electron chi connectivity index (χ2n) is 3.45. The lowest BCUT2D eigenvalue weighted by Gasteiger charge is -2.07. The molecule has 0 aromatic carbocycles. The summed E-state index contributed by atoms with van der Waals surface area (Å²) in [4.78, 5) is 11.4. The van der Waals surface area contributed by atoms with Gasteiger partial charge < -0.3 is 15.2 Å². The molecule has 1 saturated heterocycles. The maximum absolute atomic E-state index is 11.4. The van der Waals surface area contributed by atoms with Crippen LogP contribution in [0.3, 0.4) is 0 Å². The summed E-state index contributed by atoms with van der Waals surface area (Å²) in [5.41, 5.74) is 0. The number of nitrogens with zero attached hydrogens (tertiary/aromatic N) is 1. The van der Waals surface area contributed by atoms with Gasteiger partial charge >= 0.3 is 0 Å². The molecule has 1 aliphatic rings. The van der Waals surface area contributed by atoms with Gasteiger partial charge in [-0.05, 0) is 25.4 Å². The van der Waals surface area contributed by atoms with Crippen LogP contribution in [0.25, 0.3) is 0 Å². The maximum Gasteiger partial charge on any atom is 0.289 e. The van der Waals surface area contributed by atoms with Gasteiger partial charge in [0.25, 0.3) is 5.91 Å². The number of carbonyl (C=O) groups excluding carboxylic acids is 1. The summed E-state index contributed by atoms with van der Waals surface area (Å²) in [5, 5.41) is 9.53. The van der Waals surface area contributed by atoms with E-state index >= 15 is 0 Å². The molecule has 1 atom stereocenters. The van der Waals surface area contributed by atoms with E-state index in [1.807, 2.05) is 0 Å². The largest absolute Gasteiger partial charge is 0.351 e. The Morgan fingerprint density at radius 1 is 1.79 bits per heavy atom. The van der Waals surface area contributed by atoms with E-state index in [0.29, 0.717) is 12.5 Å². The molecule has 1 aromatic rings. The summed E-state index contributed by atoms with van der Waals surface area (Å²) >= 11 is 0. The van der Waals surface area contributed by atoms with Crippen molar-refractivity contribution in [1.82, 2.24) is 15.8 Å². The van der Waals surface area contributed by atoms with Gasteiger partial charge in [0, 0.05) is 12.6 Å². The molecule has 2 heterocycles. The van der Waals surface area contributed by atoms with Gasteiger partial charge in [0.05, 0.1) is 6.20 Å². The first-order valence-corrected chi connectivity index (χ1v) is 4.76. The zero-order chi connectivity index (χ0) is 9.80. The number of hydrogen-bond acceptors (Lipinski definition) is 4. The van der Waals surface area contributed by atoms with Crippen molar-refractivity contribution < 1.29 is 9.32 Å². The molecule has 0 aliphatic carbocycles. The second-order valence-corrected chi connectivity index (χ2v) is 3.45. The number of hydrogen-bond donors (Lipinski definition) is 2. The van der Waals surface area contributed by atoms with Crippen molar-refractivity contribution in [2.75, 3.05) is 19.6 Å². The van der Waals surface area contributed by atoms with Crippen LogP contribution >= 0.6 is 0 Å². The molecule has 1 aliphatic heterocycles. The van der Waals surface area contributed by atoms with Gasteiger partial charge in [-0.15, -0.1) is 0 Å². The van der Waals surface area contributed by atoms with Crippen molar-refractivity contribution in [2.24, 2.45) is 5.92 Å². The van der Waals surface area contributed by atoms with Gasteiger partial charge in [-0.1, -0.05) is 5.16 Å². The van der Waals surface area contributed by atoms with Crippen LogP contribution in [0.5, 0.6) is 0 Å². The van der Waals surface area contributed by atoms with E-state index in [9.17, 15) is 4.79 Å². The Morgan fingerprint density at radius 3 is 3.36 bits per heavy atom. The molecule has 76 valence electrons. The van der Waals surface area contributed by atoms with E-state index in [1.165, 1.54) is 6.20 Å². The lowest BCUT2D eigenvalue weighted by Crippen LogP contribution is -2.29. The molecule has 0 spiro atoms. The van der Waals surface area contributed by atoms with Crippen LogP contribution in [0, 0.1) is 5.92 Å². The van der Waals surface area contributed by atoms with Crippen LogP contribution in [0.4, 0.5) is 0 Å². The van der Waals surface area contributed by atoms with Gasteiger partial charge in [-0.3, -0.25) is 4.79 Å². The minimum Gasteiger partial charge on any atom is -0.351 e. The maximum atomic E-state index is 11.4. The Bertz CT molecular complexity index is 291. The molecule has 5 heteroatoms. The molecule has 1 unspecified atom stereocenters. The van der Waals surface area contributed by atoms with Crippen LogP contribution < -0.4 is 10.6 Å². The van der Waals surface area contributed by atoms with Gasteiger partial charge in [0.2, 0.25) is 5.76 Å². The second kappa shape index (κ2) is 4.23. The molecule has 0 bridgehead atoms. The number of aromatic nitrogens is 1. The molecule has 0 radical (unpaired) electrons. The number of carbonyl (C=O) groups is 1. The first-order valence-electron chi connectivity index (χ1n) is 4.76. The fourth-order valence-corrected chi connectivity index (χ4v) is 1.55. The van der Waals surface area contributed by atoms with E-state index < -0.39 is 0 Å². The fraction of sp³-hybridized carbons (Fsp3) is 0.556. The van der Waals surface area contributed by atoms with Gasteiger partial charge in [0.15, 0.2) is 0 Å². The molecule has 2 rings (SSSR count). The molecule has 14 heavy (non-hydrogen) atoms. The first kappa shape index (κ1) is 9.21. The lowest BCUT2D eigenvalue weighted by atomic mass is 10.1. The molecule has 2 N–H and O–H groups in total. The molecule has 0 saturated carbocycles. The van der Waals surface area contributed by atoms with Crippen molar-refractivity contribution in [3.05, 3.63) is 18.0 Å². The summed E-state index contributed by atoms with van der Waals surface area (Å²) in [6.45, 7) is 2.73. The van der Waals surface area contributed by atoms with E-state index in [2.05, 4.69) is 15.8 Å². The Labute approximate surface area is 81.8 Å². The van der Waals surface area contributed by atoms with Crippen LogP contribution in [0.15, 0.2) is 16.8 Å². The van der Waals surface area contributed by atoms with E-state index in [-0.39, 0.29) is 11.7 Å². The molecular formula is C9H13N3O2. The van der Waals surface area contributed by atoms with Crippen molar-refractivity contribution in [3.63, 3.8) is 0 Å². The van der Waals surface area contributed by atoms with Crippen LogP contribution in [-0.2, 0) is 0 Å². The Balaban J connectivity index is 1.78. The third-order valence-electron chi connectivity index (χ3n) is 2.38. The third kappa shape index (κ3) is 2.11. The zero-order valence-electron chi connectivity index (χ0n) is 7.82. The monoisotopic (exact) mass is 195 g/mol. The molecular weight excluding hydrogens is 182 g/mol. The SMILES string of the molecule is O=C(NCC1CCNC1)c1ccno1. The summed E-state index contributed by atoms with van der Waals surface area (Å²) < 4.78 is 4.73. The summed E-state index contributed by atoms with van der Waals surface area (Å²) in [7, 11) is 0. The smallest absolute Gasteiger partial charge is 0.289 e. The highest BCUT2D eigenvalue weighted by Gasteiger charge is 2.16. The van der Waals surface area contributed by atoms with Crippen molar-refractivity contribution in [1.29, 1.82) is 0 Å². The minimum absolute atomic E-state index is 0.186. The van der Waals surface area contributed by atoms with Crippen molar-refractivity contribution >= 4 is 5.91 Å². The van der Waals surface area contributed by atoms with E-state index in [4.69, 9.17) is 4.52 Å². The highest BCUT2D eigenvalue weighted by molar-refractivity contribution is 5.91. The van der Waals surface area contributed by atoms with Gasteiger partial charge in [0.1, 0.15) is 0 Å². The van der Waals surface area contributed by atoms with Crippen LogP contribution in [0.1, 0.15) is 17.0 Å². The Morgan fingerprint density at radius 2 is 2.71 bits per heavy atom.